The summed E-state index contributed by atoms with van der Waals surface area (Å²) in [5.41, 5.74) is 5.61. The summed E-state index contributed by atoms with van der Waals surface area (Å²) in [7, 11) is 0. The number of furan rings is 1. The molecule has 0 aliphatic carbocycles. The molecule has 5 aromatic rings. The monoisotopic (exact) mass is 356 g/mol. The Morgan fingerprint density at radius 1 is 1.00 bits per heavy atom. The number of aromatic nitrogens is 4. The predicted molar refractivity (Wildman–Crippen MR) is 102 cm³/mol. The van der Waals surface area contributed by atoms with Gasteiger partial charge in [-0.05, 0) is 49.7 Å². The van der Waals surface area contributed by atoms with Crippen LogP contribution in [-0.4, -0.2) is 19.4 Å². The summed E-state index contributed by atoms with van der Waals surface area (Å²) in [6.07, 6.45) is 8.82. The lowest BCUT2D eigenvalue weighted by atomic mass is 10.1. The SMILES string of the molecule is Cc1cc(-c2c(C)ncc3nccn23)ccc1Oc1nccc2occc12. The Morgan fingerprint density at radius 3 is 2.81 bits per heavy atom. The van der Waals surface area contributed by atoms with E-state index in [0.29, 0.717) is 5.88 Å². The molecule has 0 fully saturated rings. The maximum Gasteiger partial charge on any atom is 0.230 e. The first kappa shape index (κ1) is 15.6. The Balaban J connectivity index is 1.57. The fourth-order valence-electron chi connectivity index (χ4n) is 3.30. The van der Waals surface area contributed by atoms with Gasteiger partial charge < -0.3 is 9.15 Å². The van der Waals surface area contributed by atoms with Crippen molar-refractivity contribution in [3.05, 3.63) is 72.6 Å². The summed E-state index contributed by atoms with van der Waals surface area (Å²) in [6.45, 7) is 4.02. The molecule has 0 amide bonds. The fourth-order valence-corrected chi connectivity index (χ4v) is 3.30. The maximum atomic E-state index is 6.07. The van der Waals surface area contributed by atoms with Crippen LogP contribution in [0.1, 0.15) is 11.3 Å². The van der Waals surface area contributed by atoms with Crippen LogP contribution < -0.4 is 4.74 Å². The Hall–Kier alpha value is -3.67. The number of nitrogens with zero attached hydrogens (tertiary/aromatic N) is 4. The van der Waals surface area contributed by atoms with Gasteiger partial charge in [0.25, 0.3) is 0 Å². The highest BCUT2D eigenvalue weighted by molar-refractivity contribution is 5.82. The summed E-state index contributed by atoms with van der Waals surface area (Å²) >= 11 is 0. The lowest BCUT2D eigenvalue weighted by Gasteiger charge is -2.12. The van der Waals surface area contributed by atoms with Gasteiger partial charge in [-0.15, -0.1) is 0 Å². The molecule has 0 aliphatic heterocycles. The minimum atomic E-state index is 0.534. The highest BCUT2D eigenvalue weighted by Gasteiger charge is 2.13. The van der Waals surface area contributed by atoms with Crippen molar-refractivity contribution < 1.29 is 9.15 Å². The molecule has 0 saturated carbocycles. The second-order valence-corrected chi connectivity index (χ2v) is 6.38. The molecule has 132 valence electrons. The van der Waals surface area contributed by atoms with Crippen LogP contribution in [0.25, 0.3) is 27.9 Å². The van der Waals surface area contributed by atoms with E-state index in [0.717, 1.165) is 44.9 Å². The molecule has 1 aromatic carbocycles. The van der Waals surface area contributed by atoms with Gasteiger partial charge in [-0.2, -0.15) is 0 Å². The van der Waals surface area contributed by atoms with Crippen LogP contribution in [0, 0.1) is 13.8 Å². The number of aryl methyl sites for hydroxylation is 2. The van der Waals surface area contributed by atoms with E-state index >= 15 is 0 Å². The smallest absolute Gasteiger partial charge is 0.230 e. The van der Waals surface area contributed by atoms with Gasteiger partial charge in [0, 0.05) is 24.2 Å². The molecule has 5 rings (SSSR count). The molecule has 0 atom stereocenters. The van der Waals surface area contributed by atoms with Crippen LogP contribution in [0.4, 0.5) is 0 Å². The van der Waals surface area contributed by atoms with E-state index in [-0.39, 0.29) is 0 Å². The lowest BCUT2D eigenvalue weighted by molar-refractivity contribution is 0.465. The van der Waals surface area contributed by atoms with E-state index in [4.69, 9.17) is 9.15 Å². The summed E-state index contributed by atoms with van der Waals surface area (Å²) in [4.78, 5) is 13.1. The highest BCUT2D eigenvalue weighted by Crippen LogP contribution is 2.33. The van der Waals surface area contributed by atoms with Crippen LogP contribution in [0.2, 0.25) is 0 Å². The van der Waals surface area contributed by atoms with Crippen LogP contribution in [0.5, 0.6) is 11.6 Å². The molecule has 27 heavy (non-hydrogen) atoms. The van der Waals surface area contributed by atoms with Crippen molar-refractivity contribution in [3.8, 4) is 22.9 Å². The first-order valence-corrected chi connectivity index (χ1v) is 8.60. The molecule has 0 spiro atoms. The van der Waals surface area contributed by atoms with Crippen molar-refractivity contribution in [1.29, 1.82) is 0 Å². The molecular weight excluding hydrogens is 340 g/mol. The van der Waals surface area contributed by atoms with Gasteiger partial charge in [0.1, 0.15) is 11.3 Å². The van der Waals surface area contributed by atoms with Crippen LogP contribution in [0.15, 0.2) is 65.8 Å². The van der Waals surface area contributed by atoms with Crippen molar-refractivity contribution in [1.82, 2.24) is 19.4 Å². The van der Waals surface area contributed by atoms with Crippen LogP contribution >= 0.6 is 0 Å². The molecule has 4 aromatic heterocycles. The Bertz CT molecular complexity index is 1290. The minimum Gasteiger partial charge on any atom is -0.464 e. The molecule has 0 unspecified atom stereocenters. The van der Waals surface area contributed by atoms with Gasteiger partial charge in [-0.1, -0.05) is 0 Å². The second kappa shape index (κ2) is 5.95. The zero-order chi connectivity index (χ0) is 18.4. The van der Waals surface area contributed by atoms with Crippen molar-refractivity contribution in [3.63, 3.8) is 0 Å². The molecule has 0 saturated heterocycles. The van der Waals surface area contributed by atoms with E-state index in [2.05, 4.69) is 21.0 Å². The summed E-state index contributed by atoms with van der Waals surface area (Å²) in [5.74, 6) is 1.29. The summed E-state index contributed by atoms with van der Waals surface area (Å²) in [5, 5.41) is 0.851. The number of benzene rings is 1. The van der Waals surface area contributed by atoms with E-state index in [1.54, 1.807) is 24.9 Å². The number of hydrogen-bond acceptors (Lipinski definition) is 5. The van der Waals surface area contributed by atoms with Gasteiger partial charge >= 0.3 is 0 Å². The number of hydrogen-bond donors (Lipinski definition) is 0. The molecule has 0 aliphatic rings. The first-order valence-electron chi connectivity index (χ1n) is 8.60. The largest absolute Gasteiger partial charge is 0.464 e. The van der Waals surface area contributed by atoms with Gasteiger partial charge in [0.15, 0.2) is 5.65 Å². The number of ether oxygens (including phenoxy) is 1. The van der Waals surface area contributed by atoms with Gasteiger partial charge in [-0.25, -0.2) is 9.97 Å². The van der Waals surface area contributed by atoms with Crippen molar-refractivity contribution >= 4 is 16.6 Å². The van der Waals surface area contributed by atoms with Gasteiger partial charge in [0.05, 0.1) is 29.2 Å². The number of imidazole rings is 1. The minimum absolute atomic E-state index is 0.534. The molecule has 4 heterocycles. The summed E-state index contributed by atoms with van der Waals surface area (Å²) in [6, 6.07) is 9.76. The number of pyridine rings is 1. The third-order valence-electron chi connectivity index (χ3n) is 4.62. The van der Waals surface area contributed by atoms with E-state index < -0.39 is 0 Å². The molecule has 6 heteroatoms. The Morgan fingerprint density at radius 2 is 1.93 bits per heavy atom. The molecule has 6 nitrogen and oxygen atoms in total. The Labute approximate surface area is 155 Å². The molecule has 0 bridgehead atoms. The lowest BCUT2D eigenvalue weighted by Crippen LogP contribution is -1.98. The van der Waals surface area contributed by atoms with Crippen LogP contribution in [0.3, 0.4) is 0 Å². The maximum absolute atomic E-state index is 6.07. The highest BCUT2D eigenvalue weighted by atomic mass is 16.5. The second-order valence-electron chi connectivity index (χ2n) is 6.38. The van der Waals surface area contributed by atoms with Crippen molar-refractivity contribution in [2.24, 2.45) is 0 Å². The predicted octanol–water partition coefficient (Wildman–Crippen LogP) is 4.95. The van der Waals surface area contributed by atoms with E-state index in [9.17, 15) is 0 Å². The molecule has 0 radical (unpaired) electrons. The Kier molecular flexibility index (Phi) is 3.43. The average molecular weight is 356 g/mol. The molecule has 0 N–H and O–H groups in total. The van der Waals surface area contributed by atoms with E-state index in [1.165, 1.54) is 0 Å². The zero-order valence-electron chi connectivity index (χ0n) is 14.9. The number of fused-ring (bicyclic) bond motifs is 2. The van der Waals surface area contributed by atoms with Crippen molar-refractivity contribution in [2.45, 2.75) is 13.8 Å². The van der Waals surface area contributed by atoms with E-state index in [1.807, 2.05) is 48.7 Å². The van der Waals surface area contributed by atoms with Crippen LogP contribution in [-0.2, 0) is 0 Å². The third kappa shape index (κ3) is 2.54. The summed E-state index contributed by atoms with van der Waals surface area (Å²) < 4.78 is 13.5. The zero-order valence-corrected chi connectivity index (χ0v) is 14.9. The average Bonchev–Trinajstić information content (AvgIpc) is 3.33. The first-order chi connectivity index (χ1) is 13.2. The number of rotatable bonds is 3. The van der Waals surface area contributed by atoms with Gasteiger partial charge in [-0.3, -0.25) is 9.38 Å². The normalized spacial score (nSPS) is 11.3. The van der Waals surface area contributed by atoms with Crippen molar-refractivity contribution in [2.75, 3.05) is 0 Å². The van der Waals surface area contributed by atoms with Gasteiger partial charge in [0.2, 0.25) is 5.88 Å². The third-order valence-corrected chi connectivity index (χ3v) is 4.62. The molecular formula is C21H16N4O2. The topological polar surface area (TPSA) is 65.5 Å². The standard InChI is InChI=1S/C21H16N4O2/c1-13-11-15(20-14(2)24-12-19-22-8-9-25(19)20)3-4-17(13)27-21-16-6-10-26-18(16)5-7-23-21/h3-12H,1-2H3. The quantitative estimate of drug-likeness (QED) is 0.458. The fraction of sp³-hybridized carbons (Fsp3) is 0.0952.